The third-order valence-corrected chi connectivity index (χ3v) is 3.59. The topological polar surface area (TPSA) is 81.6 Å². The second kappa shape index (κ2) is 6.25. The molecule has 0 bridgehead atoms. The van der Waals surface area contributed by atoms with Crippen molar-refractivity contribution in [3.63, 3.8) is 0 Å². The molecule has 0 aliphatic carbocycles. The minimum absolute atomic E-state index is 0.450. The highest BCUT2D eigenvalue weighted by molar-refractivity contribution is 6.30. The number of rotatable bonds is 5. The van der Waals surface area contributed by atoms with Crippen LogP contribution in [0.4, 0.5) is 0 Å². The van der Waals surface area contributed by atoms with E-state index in [-0.39, 0.29) is 0 Å². The Morgan fingerprint density at radius 3 is 2.73 bits per heavy atom. The van der Waals surface area contributed by atoms with E-state index in [0.29, 0.717) is 11.4 Å². The first-order valence-electron chi connectivity index (χ1n) is 6.87. The van der Waals surface area contributed by atoms with Crippen molar-refractivity contribution in [3.8, 4) is 11.3 Å². The van der Waals surface area contributed by atoms with Gasteiger partial charge in [-0.1, -0.05) is 18.5 Å². The number of hydrogen-bond donors (Lipinski definition) is 1. The molecule has 3 aromatic heterocycles. The van der Waals surface area contributed by atoms with Crippen molar-refractivity contribution in [1.29, 1.82) is 0 Å². The van der Waals surface area contributed by atoms with E-state index in [0.717, 1.165) is 11.3 Å². The molecule has 22 heavy (non-hydrogen) atoms. The van der Waals surface area contributed by atoms with Crippen molar-refractivity contribution in [2.24, 2.45) is 0 Å². The summed E-state index contributed by atoms with van der Waals surface area (Å²) in [6.45, 7) is 1.90. The molecule has 0 fully saturated rings. The summed E-state index contributed by atoms with van der Waals surface area (Å²) in [6.07, 6.45) is 7.58. The molecule has 0 aliphatic heterocycles. The van der Waals surface area contributed by atoms with Crippen molar-refractivity contribution < 1.29 is 5.11 Å². The Bertz CT molecular complexity index is 724. The van der Waals surface area contributed by atoms with E-state index in [1.165, 1.54) is 6.33 Å². The molecule has 2 atom stereocenters. The summed E-state index contributed by atoms with van der Waals surface area (Å²) in [7, 11) is 0. The van der Waals surface area contributed by atoms with Gasteiger partial charge in [-0.15, -0.1) is 0 Å². The molecular formula is C14H15ClN6O. The fourth-order valence-electron chi connectivity index (χ4n) is 2.20. The predicted octanol–water partition coefficient (Wildman–Crippen LogP) is 2.01. The maximum absolute atomic E-state index is 10.3. The number of aliphatic hydroxyl groups excluding tert-OH is 1. The normalized spacial score (nSPS) is 14.0. The van der Waals surface area contributed by atoms with Gasteiger partial charge in [0.2, 0.25) is 0 Å². The first kappa shape index (κ1) is 14.7. The molecule has 3 heterocycles. The van der Waals surface area contributed by atoms with Crippen LogP contribution in [0.5, 0.6) is 0 Å². The van der Waals surface area contributed by atoms with Crippen molar-refractivity contribution in [3.05, 3.63) is 48.4 Å². The van der Waals surface area contributed by atoms with Gasteiger partial charge >= 0.3 is 0 Å². The first-order chi connectivity index (χ1) is 10.7. The van der Waals surface area contributed by atoms with Crippen LogP contribution in [0.25, 0.3) is 11.3 Å². The molecule has 0 aromatic carbocycles. The average Bonchev–Trinajstić information content (AvgIpc) is 3.20. The SMILES string of the molecule is CCC(O)C(n1cncn1)n1cc(-c2ccc(Cl)cn2)cn1. The zero-order valence-corrected chi connectivity index (χ0v) is 12.7. The smallest absolute Gasteiger partial charge is 0.170 e. The Labute approximate surface area is 132 Å². The molecule has 0 amide bonds. The standard InChI is InChI=1S/C14H15ClN6O/c1-2-13(22)14(21-9-16-8-19-21)20-7-10(5-18-20)12-4-3-11(15)6-17-12/h3-9,13-14,22H,2H2,1H3. The van der Waals surface area contributed by atoms with Gasteiger partial charge in [0, 0.05) is 18.0 Å². The van der Waals surface area contributed by atoms with Crippen LogP contribution < -0.4 is 0 Å². The Kier molecular flexibility index (Phi) is 4.17. The molecule has 114 valence electrons. The minimum atomic E-state index is -0.632. The van der Waals surface area contributed by atoms with Crippen LogP contribution >= 0.6 is 11.6 Å². The number of aliphatic hydroxyl groups is 1. The number of nitrogens with zero attached hydrogens (tertiary/aromatic N) is 6. The minimum Gasteiger partial charge on any atom is -0.389 e. The van der Waals surface area contributed by atoms with Crippen LogP contribution in [0.3, 0.4) is 0 Å². The lowest BCUT2D eigenvalue weighted by Gasteiger charge is -2.22. The fraction of sp³-hybridized carbons (Fsp3) is 0.286. The molecule has 0 saturated heterocycles. The van der Waals surface area contributed by atoms with Gasteiger partial charge < -0.3 is 5.11 Å². The summed E-state index contributed by atoms with van der Waals surface area (Å²) < 4.78 is 3.24. The van der Waals surface area contributed by atoms with Crippen LogP contribution in [0.1, 0.15) is 19.5 Å². The fourth-order valence-corrected chi connectivity index (χ4v) is 2.31. The van der Waals surface area contributed by atoms with Crippen LogP contribution in [0, 0.1) is 0 Å². The summed E-state index contributed by atoms with van der Waals surface area (Å²) in [5, 5.41) is 19.3. The van der Waals surface area contributed by atoms with Crippen LogP contribution in [-0.4, -0.2) is 40.7 Å². The number of halogens is 1. The lowest BCUT2D eigenvalue weighted by atomic mass is 10.2. The summed E-state index contributed by atoms with van der Waals surface area (Å²) in [5.74, 6) is 0. The quantitative estimate of drug-likeness (QED) is 0.778. The van der Waals surface area contributed by atoms with Gasteiger partial charge in [0.05, 0.1) is 23.0 Å². The summed E-state index contributed by atoms with van der Waals surface area (Å²) >= 11 is 5.85. The third kappa shape index (κ3) is 2.86. The van der Waals surface area contributed by atoms with Crippen LogP contribution in [0.15, 0.2) is 43.4 Å². The Hall–Kier alpha value is -2.25. The molecule has 3 aromatic rings. The molecule has 8 heteroatoms. The van der Waals surface area contributed by atoms with E-state index in [1.807, 2.05) is 19.2 Å². The first-order valence-corrected chi connectivity index (χ1v) is 7.25. The molecular weight excluding hydrogens is 304 g/mol. The summed E-state index contributed by atoms with van der Waals surface area (Å²) in [6, 6.07) is 3.60. The van der Waals surface area contributed by atoms with Crippen molar-refractivity contribution in [2.75, 3.05) is 0 Å². The van der Waals surface area contributed by atoms with E-state index < -0.39 is 12.3 Å². The van der Waals surface area contributed by atoms with Gasteiger partial charge in [-0.2, -0.15) is 10.2 Å². The van der Waals surface area contributed by atoms with Crippen molar-refractivity contribution >= 4 is 11.6 Å². The predicted molar refractivity (Wildman–Crippen MR) is 81.2 cm³/mol. The van der Waals surface area contributed by atoms with Gasteiger partial charge in [-0.05, 0) is 18.6 Å². The molecule has 0 aliphatic rings. The third-order valence-electron chi connectivity index (χ3n) is 3.37. The van der Waals surface area contributed by atoms with Crippen molar-refractivity contribution in [1.82, 2.24) is 29.5 Å². The lowest BCUT2D eigenvalue weighted by molar-refractivity contribution is 0.0792. The highest BCUT2D eigenvalue weighted by Gasteiger charge is 2.23. The molecule has 0 radical (unpaired) electrons. The van der Waals surface area contributed by atoms with Crippen molar-refractivity contribution in [2.45, 2.75) is 25.6 Å². The van der Waals surface area contributed by atoms with E-state index >= 15 is 0 Å². The molecule has 1 N–H and O–H groups in total. The highest BCUT2D eigenvalue weighted by Crippen LogP contribution is 2.22. The Morgan fingerprint density at radius 2 is 2.09 bits per heavy atom. The van der Waals surface area contributed by atoms with E-state index in [1.54, 1.807) is 34.2 Å². The molecule has 2 unspecified atom stereocenters. The molecule has 0 saturated carbocycles. The average molecular weight is 319 g/mol. The maximum Gasteiger partial charge on any atom is 0.170 e. The van der Waals surface area contributed by atoms with Gasteiger partial charge in [-0.25, -0.2) is 14.3 Å². The highest BCUT2D eigenvalue weighted by atomic mass is 35.5. The molecule has 3 rings (SSSR count). The maximum atomic E-state index is 10.3. The van der Waals surface area contributed by atoms with E-state index in [4.69, 9.17) is 11.6 Å². The Balaban J connectivity index is 1.95. The Morgan fingerprint density at radius 1 is 1.23 bits per heavy atom. The van der Waals surface area contributed by atoms with Gasteiger partial charge in [-0.3, -0.25) is 4.98 Å². The second-order valence-electron chi connectivity index (χ2n) is 4.84. The molecule has 7 nitrogen and oxygen atoms in total. The zero-order valence-electron chi connectivity index (χ0n) is 11.9. The van der Waals surface area contributed by atoms with Gasteiger partial charge in [0.25, 0.3) is 0 Å². The monoisotopic (exact) mass is 318 g/mol. The van der Waals surface area contributed by atoms with Crippen LogP contribution in [0.2, 0.25) is 5.02 Å². The van der Waals surface area contributed by atoms with Crippen LogP contribution in [-0.2, 0) is 0 Å². The molecule has 0 spiro atoms. The van der Waals surface area contributed by atoms with Gasteiger partial charge in [0.15, 0.2) is 6.17 Å². The largest absolute Gasteiger partial charge is 0.389 e. The number of pyridine rings is 1. The lowest BCUT2D eigenvalue weighted by Crippen LogP contribution is -2.30. The number of hydrogen-bond acceptors (Lipinski definition) is 5. The summed E-state index contributed by atoms with van der Waals surface area (Å²) in [4.78, 5) is 8.20. The summed E-state index contributed by atoms with van der Waals surface area (Å²) in [5.41, 5.74) is 1.60. The number of aromatic nitrogens is 6. The van der Waals surface area contributed by atoms with E-state index in [2.05, 4.69) is 20.2 Å². The van der Waals surface area contributed by atoms with Gasteiger partial charge in [0.1, 0.15) is 12.7 Å². The van der Waals surface area contributed by atoms with E-state index in [9.17, 15) is 5.11 Å². The second-order valence-corrected chi connectivity index (χ2v) is 5.27. The zero-order chi connectivity index (χ0) is 15.5.